The fourth-order valence-electron chi connectivity index (χ4n) is 3.42. The lowest BCUT2D eigenvalue weighted by Gasteiger charge is -2.27. The van der Waals surface area contributed by atoms with E-state index >= 15 is 0 Å². The first-order valence-electron chi connectivity index (χ1n) is 8.13. The molecule has 0 radical (unpaired) electrons. The Balaban J connectivity index is 1.56. The summed E-state index contributed by atoms with van der Waals surface area (Å²) in [7, 11) is 0. The van der Waals surface area contributed by atoms with E-state index in [1.807, 2.05) is 12.3 Å². The number of aromatic nitrogens is 1. The number of pyridine rings is 1. The molecule has 2 aliphatic rings. The van der Waals surface area contributed by atoms with E-state index in [1.165, 1.54) is 24.8 Å². The third kappa shape index (κ3) is 3.62. The Labute approximate surface area is 126 Å². The van der Waals surface area contributed by atoms with Gasteiger partial charge in [-0.2, -0.15) is 0 Å². The van der Waals surface area contributed by atoms with Crippen LogP contribution in [0.1, 0.15) is 44.2 Å². The molecule has 1 saturated heterocycles. The maximum Gasteiger partial charge on any atom is 0.234 e. The van der Waals surface area contributed by atoms with Crippen molar-refractivity contribution in [1.29, 1.82) is 0 Å². The predicted molar refractivity (Wildman–Crippen MR) is 82.7 cm³/mol. The zero-order valence-electron chi connectivity index (χ0n) is 12.8. The number of nitrogens with zero attached hydrogens (tertiary/aromatic N) is 2. The molecule has 1 amide bonds. The van der Waals surface area contributed by atoms with Crippen molar-refractivity contribution in [1.82, 2.24) is 15.2 Å². The molecule has 1 aliphatic carbocycles. The number of nitrogens with one attached hydrogen (secondary N) is 1. The first-order valence-corrected chi connectivity index (χ1v) is 8.13. The van der Waals surface area contributed by atoms with E-state index in [0.717, 1.165) is 25.4 Å². The SMILES string of the molecule is CC1CC(c2cccnc2)N(CC(=O)NCC2CCC2)C1. The second kappa shape index (κ2) is 6.56. The highest BCUT2D eigenvalue weighted by Crippen LogP contribution is 2.34. The molecule has 4 heteroatoms. The monoisotopic (exact) mass is 287 g/mol. The fraction of sp³-hybridized carbons (Fsp3) is 0.647. The number of likely N-dealkylation sites (tertiary alicyclic amines) is 1. The molecule has 2 atom stereocenters. The maximum absolute atomic E-state index is 12.2. The van der Waals surface area contributed by atoms with Crippen molar-refractivity contribution in [3.05, 3.63) is 30.1 Å². The van der Waals surface area contributed by atoms with Crippen LogP contribution in [0.15, 0.2) is 24.5 Å². The molecule has 114 valence electrons. The van der Waals surface area contributed by atoms with Gasteiger partial charge in [0.15, 0.2) is 0 Å². The highest BCUT2D eigenvalue weighted by molar-refractivity contribution is 5.78. The molecular formula is C17H25N3O. The van der Waals surface area contributed by atoms with Gasteiger partial charge in [-0.15, -0.1) is 0 Å². The van der Waals surface area contributed by atoms with E-state index in [2.05, 4.69) is 28.2 Å². The van der Waals surface area contributed by atoms with Gasteiger partial charge in [0.05, 0.1) is 6.54 Å². The predicted octanol–water partition coefficient (Wildman–Crippen LogP) is 2.38. The molecule has 1 aromatic rings. The van der Waals surface area contributed by atoms with Crippen molar-refractivity contribution in [2.24, 2.45) is 11.8 Å². The molecule has 2 unspecified atom stereocenters. The third-order valence-corrected chi connectivity index (χ3v) is 4.84. The number of amides is 1. The molecule has 1 saturated carbocycles. The number of hydrogen-bond acceptors (Lipinski definition) is 3. The normalized spacial score (nSPS) is 26.5. The molecular weight excluding hydrogens is 262 g/mol. The van der Waals surface area contributed by atoms with E-state index in [1.54, 1.807) is 6.20 Å². The second-order valence-corrected chi connectivity index (χ2v) is 6.67. The molecule has 0 spiro atoms. The molecule has 0 aromatic carbocycles. The van der Waals surface area contributed by atoms with Gasteiger partial charge >= 0.3 is 0 Å². The average Bonchev–Trinajstić information content (AvgIpc) is 2.79. The topological polar surface area (TPSA) is 45.2 Å². The Hall–Kier alpha value is -1.42. The van der Waals surface area contributed by atoms with Crippen LogP contribution in [0, 0.1) is 11.8 Å². The fourth-order valence-corrected chi connectivity index (χ4v) is 3.42. The van der Waals surface area contributed by atoms with Crippen LogP contribution in [0.4, 0.5) is 0 Å². The molecule has 1 aromatic heterocycles. The van der Waals surface area contributed by atoms with Gasteiger partial charge < -0.3 is 5.32 Å². The second-order valence-electron chi connectivity index (χ2n) is 6.67. The van der Waals surface area contributed by atoms with E-state index in [-0.39, 0.29) is 5.91 Å². The molecule has 3 rings (SSSR count). The van der Waals surface area contributed by atoms with Gasteiger partial charge in [0.2, 0.25) is 5.91 Å². The summed E-state index contributed by atoms with van der Waals surface area (Å²) in [6.07, 6.45) is 8.73. The van der Waals surface area contributed by atoms with Gasteiger partial charge in [-0.25, -0.2) is 0 Å². The minimum atomic E-state index is 0.171. The molecule has 1 aliphatic heterocycles. The Bertz CT molecular complexity index is 472. The molecule has 0 bridgehead atoms. The van der Waals surface area contributed by atoms with Crippen LogP contribution in [-0.2, 0) is 4.79 Å². The van der Waals surface area contributed by atoms with Crippen LogP contribution in [0.25, 0.3) is 0 Å². The van der Waals surface area contributed by atoms with Crippen LogP contribution in [-0.4, -0.2) is 35.4 Å². The highest BCUT2D eigenvalue weighted by atomic mass is 16.2. The van der Waals surface area contributed by atoms with Crippen molar-refractivity contribution in [3.63, 3.8) is 0 Å². The lowest BCUT2D eigenvalue weighted by molar-refractivity contribution is -0.122. The minimum absolute atomic E-state index is 0.171. The molecule has 4 nitrogen and oxygen atoms in total. The van der Waals surface area contributed by atoms with Crippen LogP contribution >= 0.6 is 0 Å². The highest BCUT2D eigenvalue weighted by Gasteiger charge is 2.32. The number of hydrogen-bond donors (Lipinski definition) is 1. The molecule has 1 N–H and O–H groups in total. The summed E-state index contributed by atoms with van der Waals surface area (Å²) in [5.41, 5.74) is 1.23. The zero-order valence-corrected chi connectivity index (χ0v) is 12.8. The van der Waals surface area contributed by atoms with E-state index in [4.69, 9.17) is 0 Å². The summed E-state index contributed by atoms with van der Waals surface area (Å²) in [5.74, 6) is 1.53. The molecule has 2 heterocycles. The van der Waals surface area contributed by atoms with Gasteiger partial charge in [-0.05, 0) is 42.7 Å². The lowest BCUT2D eigenvalue weighted by atomic mass is 9.85. The van der Waals surface area contributed by atoms with Gasteiger partial charge in [0.25, 0.3) is 0 Å². The standard InChI is InChI=1S/C17H25N3O/c1-13-8-16(15-6-3-7-18-10-15)20(11-13)12-17(21)19-9-14-4-2-5-14/h3,6-7,10,13-14,16H,2,4-5,8-9,11-12H2,1H3,(H,19,21). The van der Waals surface area contributed by atoms with Gasteiger partial charge in [-0.1, -0.05) is 19.4 Å². The quantitative estimate of drug-likeness (QED) is 0.904. The van der Waals surface area contributed by atoms with E-state index in [9.17, 15) is 4.79 Å². The van der Waals surface area contributed by atoms with Gasteiger partial charge in [0, 0.05) is 31.5 Å². The average molecular weight is 287 g/mol. The third-order valence-electron chi connectivity index (χ3n) is 4.84. The Morgan fingerprint density at radius 2 is 2.33 bits per heavy atom. The van der Waals surface area contributed by atoms with Crippen molar-refractivity contribution >= 4 is 5.91 Å². The van der Waals surface area contributed by atoms with Crippen molar-refractivity contribution in [2.45, 2.75) is 38.6 Å². The summed E-state index contributed by atoms with van der Waals surface area (Å²) in [5, 5.41) is 3.10. The Kier molecular flexibility index (Phi) is 4.54. The minimum Gasteiger partial charge on any atom is -0.355 e. The number of carbonyl (C=O) groups is 1. The van der Waals surface area contributed by atoms with Gasteiger partial charge in [0.1, 0.15) is 0 Å². The first kappa shape index (κ1) is 14.5. The van der Waals surface area contributed by atoms with E-state index < -0.39 is 0 Å². The van der Waals surface area contributed by atoms with Crippen LogP contribution in [0.5, 0.6) is 0 Å². The zero-order chi connectivity index (χ0) is 14.7. The van der Waals surface area contributed by atoms with Crippen molar-refractivity contribution in [2.75, 3.05) is 19.6 Å². The van der Waals surface area contributed by atoms with Crippen molar-refractivity contribution in [3.8, 4) is 0 Å². The summed E-state index contributed by atoms with van der Waals surface area (Å²) in [6, 6.07) is 4.44. The van der Waals surface area contributed by atoms with Crippen LogP contribution < -0.4 is 5.32 Å². The smallest absolute Gasteiger partial charge is 0.234 e. The number of rotatable bonds is 5. The van der Waals surface area contributed by atoms with Crippen molar-refractivity contribution < 1.29 is 4.79 Å². The van der Waals surface area contributed by atoms with Gasteiger partial charge in [-0.3, -0.25) is 14.7 Å². The van der Waals surface area contributed by atoms with Crippen LogP contribution in [0.2, 0.25) is 0 Å². The summed E-state index contributed by atoms with van der Waals surface area (Å²) in [6.45, 7) is 4.63. The van der Waals surface area contributed by atoms with Crippen LogP contribution in [0.3, 0.4) is 0 Å². The van der Waals surface area contributed by atoms with E-state index in [0.29, 0.717) is 18.5 Å². The Morgan fingerprint density at radius 1 is 1.48 bits per heavy atom. The lowest BCUT2D eigenvalue weighted by Crippen LogP contribution is -2.40. The summed E-state index contributed by atoms with van der Waals surface area (Å²) >= 11 is 0. The number of carbonyl (C=O) groups excluding carboxylic acids is 1. The maximum atomic E-state index is 12.2. The summed E-state index contributed by atoms with van der Waals surface area (Å²) < 4.78 is 0. The first-order chi connectivity index (χ1) is 10.2. The molecule has 2 fully saturated rings. The summed E-state index contributed by atoms with van der Waals surface area (Å²) in [4.78, 5) is 18.7. The molecule has 21 heavy (non-hydrogen) atoms. The Morgan fingerprint density at radius 3 is 3.00 bits per heavy atom. The largest absolute Gasteiger partial charge is 0.355 e.